The molecule has 0 aromatic heterocycles. The van der Waals surface area contributed by atoms with Gasteiger partial charge in [-0.3, -0.25) is 14.5 Å². The van der Waals surface area contributed by atoms with Gasteiger partial charge in [0.15, 0.2) is 0 Å². The van der Waals surface area contributed by atoms with Crippen LogP contribution in [-0.2, 0) is 9.59 Å². The van der Waals surface area contributed by atoms with Crippen LogP contribution in [0.4, 0.5) is 0 Å². The van der Waals surface area contributed by atoms with Gasteiger partial charge in [0.2, 0.25) is 11.8 Å². The first-order chi connectivity index (χ1) is 11.8. The molecule has 1 aromatic carbocycles. The first-order valence-corrected chi connectivity index (χ1v) is 8.89. The molecule has 25 heavy (non-hydrogen) atoms. The minimum atomic E-state index is -0.736. The van der Waals surface area contributed by atoms with E-state index in [4.69, 9.17) is 11.5 Å². The van der Waals surface area contributed by atoms with Crippen LogP contribution >= 0.6 is 0 Å². The molecule has 0 aliphatic carbocycles. The Morgan fingerprint density at radius 2 is 1.68 bits per heavy atom. The van der Waals surface area contributed by atoms with Gasteiger partial charge in [0.1, 0.15) is 0 Å². The van der Waals surface area contributed by atoms with E-state index in [0.717, 1.165) is 16.9 Å². The number of nitrogens with two attached hydrogens (primary N) is 2. The van der Waals surface area contributed by atoms with Crippen molar-refractivity contribution >= 4 is 17.9 Å². The van der Waals surface area contributed by atoms with Gasteiger partial charge in [-0.2, -0.15) is 0 Å². The van der Waals surface area contributed by atoms with Crippen LogP contribution in [0.1, 0.15) is 46.1 Å². The van der Waals surface area contributed by atoms with Crippen LogP contribution in [0.15, 0.2) is 36.5 Å². The number of imide groups is 1. The largest absolute Gasteiger partial charge is 0.320 e. The highest BCUT2D eigenvalue weighted by atomic mass is 16.2. The predicted molar refractivity (Wildman–Crippen MR) is 102 cm³/mol. The topological polar surface area (TPSA) is 89.4 Å². The zero-order valence-electron chi connectivity index (χ0n) is 15.7. The van der Waals surface area contributed by atoms with Crippen molar-refractivity contribution in [3.63, 3.8) is 0 Å². The van der Waals surface area contributed by atoms with E-state index in [9.17, 15) is 9.59 Å². The summed E-state index contributed by atoms with van der Waals surface area (Å²) in [4.78, 5) is 26.6. The maximum absolute atomic E-state index is 12.8. The van der Waals surface area contributed by atoms with Gasteiger partial charge in [0.25, 0.3) is 0 Å². The second-order valence-corrected chi connectivity index (χ2v) is 6.92. The Balaban J connectivity index is 3.06. The second-order valence-electron chi connectivity index (χ2n) is 6.92. The predicted octanol–water partition coefficient (Wildman–Crippen LogP) is 2.76. The molecular weight excluding hydrogens is 314 g/mol. The summed E-state index contributed by atoms with van der Waals surface area (Å²) in [5.41, 5.74) is 13.0. The van der Waals surface area contributed by atoms with E-state index in [1.54, 1.807) is 6.08 Å². The zero-order chi connectivity index (χ0) is 19.0. The summed E-state index contributed by atoms with van der Waals surface area (Å²) < 4.78 is 0. The molecule has 1 rings (SSSR count). The standard InChI is InChI=1S/C20H31N3O2/c1-5-15(4)18(22)20(25)23(19(24)17(21)13-14(2)3)12-11-16-9-7-6-8-10-16/h6-12,14-15,17-18H,5,13,21-22H2,1-4H3/t15-,17-,18-/m0/s1. The van der Waals surface area contributed by atoms with Gasteiger partial charge in [-0.25, -0.2) is 0 Å². The quantitative estimate of drug-likeness (QED) is 0.758. The molecule has 0 fully saturated rings. The van der Waals surface area contributed by atoms with Gasteiger partial charge in [0, 0.05) is 6.20 Å². The van der Waals surface area contributed by atoms with Crippen LogP contribution in [0.25, 0.3) is 6.08 Å². The third kappa shape index (κ3) is 6.44. The maximum atomic E-state index is 12.8. The molecule has 0 saturated heterocycles. The minimum absolute atomic E-state index is 0.0192. The van der Waals surface area contributed by atoms with E-state index in [0.29, 0.717) is 6.42 Å². The molecule has 2 amide bonds. The summed E-state index contributed by atoms with van der Waals surface area (Å²) in [5, 5.41) is 0. The van der Waals surface area contributed by atoms with Crippen molar-refractivity contribution in [3.05, 3.63) is 42.1 Å². The lowest BCUT2D eigenvalue weighted by Gasteiger charge is -2.26. The van der Waals surface area contributed by atoms with Crippen LogP contribution < -0.4 is 11.5 Å². The van der Waals surface area contributed by atoms with E-state index in [2.05, 4.69) is 0 Å². The second kappa shape index (κ2) is 10.1. The lowest BCUT2D eigenvalue weighted by Crippen LogP contribution is -2.51. The molecule has 3 atom stereocenters. The van der Waals surface area contributed by atoms with Gasteiger partial charge in [0.05, 0.1) is 12.1 Å². The molecule has 0 spiro atoms. The molecule has 0 bridgehead atoms. The summed E-state index contributed by atoms with van der Waals surface area (Å²) in [7, 11) is 0. The third-order valence-corrected chi connectivity index (χ3v) is 4.28. The Morgan fingerprint density at radius 1 is 1.08 bits per heavy atom. The van der Waals surface area contributed by atoms with Crippen molar-refractivity contribution in [3.8, 4) is 0 Å². The fraction of sp³-hybridized carbons (Fsp3) is 0.500. The average Bonchev–Trinajstić information content (AvgIpc) is 2.60. The lowest BCUT2D eigenvalue weighted by molar-refractivity contribution is -0.143. The molecule has 0 heterocycles. The van der Waals surface area contributed by atoms with E-state index >= 15 is 0 Å². The highest BCUT2D eigenvalue weighted by Gasteiger charge is 2.30. The van der Waals surface area contributed by atoms with Crippen molar-refractivity contribution in [2.45, 2.75) is 52.6 Å². The van der Waals surface area contributed by atoms with E-state index < -0.39 is 23.9 Å². The summed E-state index contributed by atoms with van der Waals surface area (Å²) in [5.74, 6) is -0.582. The van der Waals surface area contributed by atoms with Crippen molar-refractivity contribution in [2.24, 2.45) is 23.3 Å². The Bertz CT molecular complexity index is 584. The number of benzene rings is 1. The van der Waals surface area contributed by atoms with Crippen LogP contribution in [-0.4, -0.2) is 28.8 Å². The molecule has 1 aromatic rings. The van der Waals surface area contributed by atoms with Crippen LogP contribution in [0, 0.1) is 11.8 Å². The fourth-order valence-electron chi connectivity index (χ4n) is 2.43. The molecule has 0 radical (unpaired) electrons. The summed E-state index contributed by atoms with van der Waals surface area (Å²) >= 11 is 0. The lowest BCUT2D eigenvalue weighted by atomic mass is 9.98. The molecule has 0 aliphatic heterocycles. The van der Waals surface area contributed by atoms with E-state index in [1.807, 2.05) is 58.0 Å². The Labute approximate surface area is 151 Å². The van der Waals surface area contributed by atoms with Crippen LogP contribution in [0.2, 0.25) is 0 Å². The summed E-state index contributed by atoms with van der Waals surface area (Å²) in [6.45, 7) is 7.85. The molecule has 0 unspecified atom stereocenters. The monoisotopic (exact) mass is 345 g/mol. The smallest absolute Gasteiger partial charge is 0.250 e. The average molecular weight is 345 g/mol. The molecule has 0 aliphatic rings. The molecular formula is C20H31N3O2. The first kappa shape index (κ1) is 21.1. The summed E-state index contributed by atoms with van der Waals surface area (Å²) in [6.07, 6.45) is 4.49. The fourth-order valence-corrected chi connectivity index (χ4v) is 2.43. The molecule has 5 nitrogen and oxygen atoms in total. The molecule has 0 saturated carbocycles. The summed E-state index contributed by atoms with van der Waals surface area (Å²) in [6, 6.07) is 8.02. The van der Waals surface area contributed by atoms with Crippen LogP contribution in [0.5, 0.6) is 0 Å². The van der Waals surface area contributed by atoms with Crippen molar-refractivity contribution < 1.29 is 9.59 Å². The van der Waals surface area contributed by atoms with Gasteiger partial charge < -0.3 is 11.5 Å². The number of amides is 2. The number of hydrogen-bond acceptors (Lipinski definition) is 4. The van der Waals surface area contributed by atoms with Gasteiger partial charge >= 0.3 is 0 Å². The number of hydrogen-bond donors (Lipinski definition) is 2. The first-order valence-electron chi connectivity index (χ1n) is 8.89. The highest BCUT2D eigenvalue weighted by molar-refractivity contribution is 6.01. The normalized spacial score (nSPS) is 15.2. The Hall–Kier alpha value is -1.98. The Kier molecular flexibility index (Phi) is 8.52. The molecule has 138 valence electrons. The van der Waals surface area contributed by atoms with E-state index in [1.165, 1.54) is 6.20 Å². The third-order valence-electron chi connectivity index (χ3n) is 4.28. The maximum Gasteiger partial charge on any atom is 0.250 e. The Morgan fingerprint density at radius 3 is 2.20 bits per heavy atom. The van der Waals surface area contributed by atoms with E-state index in [-0.39, 0.29) is 11.8 Å². The SMILES string of the molecule is CC[C@H](C)[C@H](N)C(=O)N(C=Cc1ccccc1)C(=O)[C@@H](N)CC(C)C. The van der Waals surface area contributed by atoms with Gasteiger partial charge in [-0.15, -0.1) is 0 Å². The number of rotatable bonds is 8. The van der Waals surface area contributed by atoms with Gasteiger partial charge in [-0.1, -0.05) is 64.4 Å². The molecule has 4 N–H and O–H groups in total. The van der Waals surface area contributed by atoms with Crippen molar-refractivity contribution in [1.82, 2.24) is 4.90 Å². The minimum Gasteiger partial charge on any atom is -0.320 e. The zero-order valence-corrected chi connectivity index (χ0v) is 15.7. The highest BCUT2D eigenvalue weighted by Crippen LogP contribution is 2.13. The number of carbonyl (C=O) groups is 2. The number of nitrogens with zero attached hydrogens (tertiary/aromatic N) is 1. The van der Waals surface area contributed by atoms with Crippen molar-refractivity contribution in [2.75, 3.05) is 0 Å². The number of carbonyl (C=O) groups excluding carboxylic acids is 2. The molecule has 5 heteroatoms. The van der Waals surface area contributed by atoms with Crippen molar-refractivity contribution in [1.29, 1.82) is 0 Å². The van der Waals surface area contributed by atoms with Crippen LogP contribution in [0.3, 0.4) is 0 Å². The van der Waals surface area contributed by atoms with Gasteiger partial charge in [-0.05, 0) is 29.9 Å².